The molecule has 2 rings (SSSR count). The van der Waals surface area contributed by atoms with E-state index in [1.807, 2.05) is 13.8 Å². The van der Waals surface area contributed by atoms with E-state index < -0.39 is 11.0 Å². The molecule has 1 aromatic rings. The number of ether oxygens (including phenoxy) is 1. The third-order valence-corrected chi connectivity index (χ3v) is 4.94. The zero-order chi connectivity index (χ0) is 14.9. The molecule has 1 fully saturated rings. The Kier molecular flexibility index (Phi) is 4.34. The van der Waals surface area contributed by atoms with Crippen LogP contribution in [0.1, 0.15) is 33.1 Å². The smallest absolute Gasteiger partial charge is 0.312 e. The van der Waals surface area contributed by atoms with Gasteiger partial charge in [-0.05, 0) is 25.0 Å². The number of aliphatic hydroxyl groups excluding tert-OH is 1. The summed E-state index contributed by atoms with van der Waals surface area (Å²) in [5.74, 6) is 0.265. The fraction of sp³-hybridized carbons (Fsp3) is 0.571. The minimum absolute atomic E-state index is 0.0538. The van der Waals surface area contributed by atoms with Crippen molar-refractivity contribution in [3.05, 3.63) is 32.8 Å². The molecule has 1 N–H and O–H groups in total. The van der Waals surface area contributed by atoms with Crippen LogP contribution in [0, 0.1) is 15.5 Å². The van der Waals surface area contributed by atoms with Gasteiger partial charge in [-0.2, -0.15) is 0 Å². The van der Waals surface area contributed by atoms with Crippen LogP contribution in [0.3, 0.4) is 0 Å². The molecule has 0 aromatic heterocycles. The Morgan fingerprint density at radius 2 is 2.15 bits per heavy atom. The summed E-state index contributed by atoms with van der Waals surface area (Å²) in [7, 11) is 0. The highest BCUT2D eigenvalue weighted by molar-refractivity contribution is 9.10. The van der Waals surface area contributed by atoms with Crippen LogP contribution in [-0.4, -0.2) is 22.2 Å². The molecule has 1 aliphatic carbocycles. The van der Waals surface area contributed by atoms with Crippen molar-refractivity contribution in [2.45, 2.75) is 45.3 Å². The summed E-state index contributed by atoms with van der Waals surface area (Å²) in [4.78, 5) is 10.6. The van der Waals surface area contributed by atoms with Crippen molar-refractivity contribution in [1.82, 2.24) is 0 Å². The van der Waals surface area contributed by atoms with E-state index in [9.17, 15) is 15.2 Å². The first-order valence-electron chi connectivity index (χ1n) is 6.73. The third kappa shape index (κ3) is 2.42. The minimum Gasteiger partial charge on any atom is -0.483 e. The molecule has 0 spiro atoms. The fourth-order valence-electron chi connectivity index (χ4n) is 2.95. The molecule has 1 aromatic carbocycles. The summed E-state index contributed by atoms with van der Waals surface area (Å²) in [6.07, 6.45) is 1.54. The zero-order valence-electron chi connectivity index (χ0n) is 11.5. The molecule has 2 unspecified atom stereocenters. The van der Waals surface area contributed by atoms with Crippen molar-refractivity contribution in [1.29, 1.82) is 0 Å². The van der Waals surface area contributed by atoms with Crippen LogP contribution in [0.2, 0.25) is 0 Å². The number of aliphatic hydroxyl groups is 1. The minimum atomic E-state index is -0.450. The van der Waals surface area contributed by atoms with E-state index >= 15 is 0 Å². The Morgan fingerprint density at radius 3 is 2.65 bits per heavy atom. The molecule has 0 bridgehead atoms. The van der Waals surface area contributed by atoms with Crippen LogP contribution in [-0.2, 0) is 0 Å². The summed E-state index contributed by atoms with van der Waals surface area (Å²) in [5.41, 5.74) is -0.345. The number of hydrogen-bond donors (Lipinski definition) is 1. The molecule has 0 saturated heterocycles. The number of nitro benzene ring substituents is 1. The number of benzene rings is 1. The van der Waals surface area contributed by atoms with Gasteiger partial charge < -0.3 is 9.84 Å². The number of nitrogens with zero attached hydrogens (tertiary/aromatic N) is 1. The van der Waals surface area contributed by atoms with Crippen LogP contribution in [0.25, 0.3) is 0 Å². The highest BCUT2D eigenvalue weighted by atomic mass is 79.9. The second kappa shape index (κ2) is 5.69. The van der Waals surface area contributed by atoms with E-state index in [2.05, 4.69) is 15.9 Å². The van der Waals surface area contributed by atoms with Crippen molar-refractivity contribution < 1.29 is 14.8 Å². The largest absolute Gasteiger partial charge is 0.483 e. The molecule has 0 heterocycles. The molecule has 1 saturated carbocycles. The van der Waals surface area contributed by atoms with Gasteiger partial charge in [0.05, 0.1) is 11.0 Å². The van der Waals surface area contributed by atoms with E-state index in [0.717, 1.165) is 12.8 Å². The topological polar surface area (TPSA) is 72.6 Å². The molecule has 0 radical (unpaired) electrons. The quantitative estimate of drug-likeness (QED) is 0.653. The normalized spacial score (nSPS) is 24.0. The third-order valence-electron chi connectivity index (χ3n) is 4.45. The maximum Gasteiger partial charge on any atom is 0.312 e. The highest BCUT2D eigenvalue weighted by Gasteiger charge is 2.54. The van der Waals surface area contributed by atoms with Crippen molar-refractivity contribution in [3.8, 4) is 5.75 Å². The van der Waals surface area contributed by atoms with Crippen molar-refractivity contribution in [2.75, 3.05) is 0 Å². The second-order valence-corrected chi connectivity index (χ2v) is 6.08. The lowest BCUT2D eigenvalue weighted by Crippen LogP contribution is -2.59. The SMILES string of the molecule is CCC1(CC)C(O)CC1Oc1ccc(Br)cc1[N+](=O)[O-]. The van der Waals surface area contributed by atoms with E-state index in [1.165, 1.54) is 6.07 Å². The summed E-state index contributed by atoms with van der Waals surface area (Å²) in [5, 5.41) is 21.1. The predicted molar refractivity (Wildman–Crippen MR) is 78.9 cm³/mol. The Hall–Kier alpha value is -1.14. The Bertz CT molecular complexity index is 516. The maximum atomic E-state index is 11.1. The van der Waals surface area contributed by atoms with Crippen LogP contribution in [0.15, 0.2) is 22.7 Å². The Morgan fingerprint density at radius 1 is 1.50 bits per heavy atom. The Labute approximate surface area is 126 Å². The summed E-state index contributed by atoms with van der Waals surface area (Å²) in [6, 6.07) is 4.75. The average molecular weight is 344 g/mol. The summed E-state index contributed by atoms with van der Waals surface area (Å²) >= 11 is 3.22. The first-order chi connectivity index (χ1) is 9.44. The molecule has 2 atom stereocenters. The monoisotopic (exact) mass is 343 g/mol. The fourth-order valence-corrected chi connectivity index (χ4v) is 3.30. The average Bonchev–Trinajstić information content (AvgIpc) is 2.41. The lowest BCUT2D eigenvalue weighted by Gasteiger charge is -2.52. The van der Waals surface area contributed by atoms with Crippen molar-refractivity contribution >= 4 is 21.6 Å². The molecular formula is C14H18BrNO4. The predicted octanol–water partition coefficient (Wildman–Crippen LogP) is 3.68. The molecule has 6 heteroatoms. The van der Waals surface area contributed by atoms with Gasteiger partial charge in [0, 0.05) is 22.4 Å². The Balaban J connectivity index is 2.25. The number of hydrogen-bond acceptors (Lipinski definition) is 4. The standard InChI is InChI=1S/C14H18BrNO4/c1-3-14(4-2)12(17)8-13(14)20-11-6-5-9(15)7-10(11)16(18)19/h5-7,12-13,17H,3-4,8H2,1-2H3. The number of rotatable bonds is 5. The molecule has 5 nitrogen and oxygen atoms in total. The van der Waals surface area contributed by atoms with Crippen LogP contribution >= 0.6 is 15.9 Å². The molecule has 1 aliphatic rings. The van der Waals surface area contributed by atoms with Gasteiger partial charge in [0.15, 0.2) is 5.75 Å². The van der Waals surface area contributed by atoms with Gasteiger partial charge in [0.2, 0.25) is 0 Å². The van der Waals surface area contributed by atoms with Crippen LogP contribution in [0.4, 0.5) is 5.69 Å². The maximum absolute atomic E-state index is 11.1. The van der Waals surface area contributed by atoms with Gasteiger partial charge in [-0.15, -0.1) is 0 Å². The van der Waals surface area contributed by atoms with Gasteiger partial charge in [0.25, 0.3) is 0 Å². The summed E-state index contributed by atoms with van der Waals surface area (Å²) < 4.78 is 6.48. The van der Waals surface area contributed by atoms with E-state index in [0.29, 0.717) is 10.9 Å². The van der Waals surface area contributed by atoms with E-state index in [1.54, 1.807) is 12.1 Å². The molecule has 0 aliphatic heterocycles. The zero-order valence-corrected chi connectivity index (χ0v) is 13.1. The van der Waals surface area contributed by atoms with Gasteiger partial charge in [-0.3, -0.25) is 10.1 Å². The lowest BCUT2D eigenvalue weighted by atomic mass is 9.60. The number of halogens is 1. The molecule has 110 valence electrons. The first-order valence-corrected chi connectivity index (χ1v) is 7.52. The number of nitro groups is 1. The highest BCUT2D eigenvalue weighted by Crippen LogP contribution is 2.49. The molecular weight excluding hydrogens is 326 g/mol. The summed E-state index contributed by atoms with van der Waals surface area (Å²) in [6.45, 7) is 4.02. The van der Waals surface area contributed by atoms with Gasteiger partial charge in [0.1, 0.15) is 6.10 Å². The van der Waals surface area contributed by atoms with E-state index in [-0.39, 0.29) is 23.0 Å². The molecule has 20 heavy (non-hydrogen) atoms. The van der Waals surface area contributed by atoms with Crippen LogP contribution < -0.4 is 4.74 Å². The first kappa shape index (κ1) is 15.3. The van der Waals surface area contributed by atoms with Gasteiger partial charge in [-0.1, -0.05) is 29.8 Å². The second-order valence-electron chi connectivity index (χ2n) is 5.17. The van der Waals surface area contributed by atoms with Gasteiger partial charge >= 0.3 is 5.69 Å². The van der Waals surface area contributed by atoms with Crippen molar-refractivity contribution in [2.24, 2.45) is 5.41 Å². The van der Waals surface area contributed by atoms with Gasteiger partial charge in [-0.25, -0.2) is 0 Å². The molecule has 0 amide bonds. The van der Waals surface area contributed by atoms with Crippen LogP contribution in [0.5, 0.6) is 5.75 Å². The van der Waals surface area contributed by atoms with E-state index in [4.69, 9.17) is 4.74 Å². The van der Waals surface area contributed by atoms with Crippen molar-refractivity contribution in [3.63, 3.8) is 0 Å². The lowest BCUT2D eigenvalue weighted by molar-refractivity contribution is -0.386.